The Hall–Kier alpha value is -0.940. The van der Waals surface area contributed by atoms with Crippen molar-refractivity contribution in [2.75, 3.05) is 0 Å². The van der Waals surface area contributed by atoms with Crippen LogP contribution in [0.1, 0.15) is 10.4 Å². The van der Waals surface area contributed by atoms with Gasteiger partial charge in [-0.05, 0) is 33.6 Å². The standard InChI is InChI=1S/C7H3BrClNO3/c8-6-4(7(9)11)2-1-3-5(6)10(12)13/h1-3H. The maximum absolute atomic E-state index is 10.8. The number of hydrogen-bond acceptors (Lipinski definition) is 3. The van der Waals surface area contributed by atoms with Gasteiger partial charge in [0.05, 0.1) is 10.5 Å². The van der Waals surface area contributed by atoms with E-state index in [0.29, 0.717) is 0 Å². The van der Waals surface area contributed by atoms with Crippen LogP contribution in [0.5, 0.6) is 0 Å². The number of hydrogen-bond donors (Lipinski definition) is 0. The smallest absolute Gasteiger partial charge is 0.276 e. The van der Waals surface area contributed by atoms with E-state index < -0.39 is 10.2 Å². The molecule has 0 radical (unpaired) electrons. The predicted octanol–water partition coefficient (Wildman–Crippen LogP) is 2.74. The van der Waals surface area contributed by atoms with E-state index in [1.54, 1.807) is 0 Å². The first kappa shape index (κ1) is 10.1. The quantitative estimate of drug-likeness (QED) is 0.469. The summed E-state index contributed by atoms with van der Waals surface area (Å²) in [6, 6.07) is 4.10. The lowest BCUT2D eigenvalue weighted by Gasteiger charge is -1.98. The highest BCUT2D eigenvalue weighted by Gasteiger charge is 2.17. The van der Waals surface area contributed by atoms with Gasteiger partial charge in [0, 0.05) is 6.07 Å². The molecule has 0 unspecified atom stereocenters. The molecular formula is C7H3BrClNO3. The van der Waals surface area contributed by atoms with E-state index in [1.165, 1.54) is 18.2 Å². The van der Waals surface area contributed by atoms with Crippen LogP contribution in [-0.2, 0) is 0 Å². The van der Waals surface area contributed by atoms with Crippen molar-refractivity contribution in [3.63, 3.8) is 0 Å². The molecule has 0 aliphatic heterocycles. The molecule has 4 nitrogen and oxygen atoms in total. The van der Waals surface area contributed by atoms with Crippen LogP contribution in [0.3, 0.4) is 0 Å². The Kier molecular flexibility index (Phi) is 3.00. The van der Waals surface area contributed by atoms with Crippen molar-refractivity contribution in [3.05, 3.63) is 38.3 Å². The average molecular weight is 264 g/mol. The number of carbonyl (C=O) groups is 1. The highest BCUT2D eigenvalue weighted by molar-refractivity contribution is 9.10. The van der Waals surface area contributed by atoms with Gasteiger partial charge < -0.3 is 0 Å². The van der Waals surface area contributed by atoms with E-state index >= 15 is 0 Å². The number of rotatable bonds is 2. The van der Waals surface area contributed by atoms with Crippen molar-refractivity contribution in [1.82, 2.24) is 0 Å². The van der Waals surface area contributed by atoms with Crippen LogP contribution < -0.4 is 0 Å². The maximum Gasteiger partial charge on any atom is 0.284 e. The Bertz CT molecular complexity index is 348. The minimum absolute atomic E-state index is 0.0934. The second-order valence-corrected chi connectivity index (χ2v) is 3.31. The molecule has 68 valence electrons. The van der Waals surface area contributed by atoms with Crippen molar-refractivity contribution in [1.29, 1.82) is 0 Å². The first-order valence-corrected chi connectivity index (χ1v) is 4.34. The van der Waals surface area contributed by atoms with Gasteiger partial charge in [-0.15, -0.1) is 0 Å². The van der Waals surface area contributed by atoms with E-state index in [0.717, 1.165) is 0 Å². The van der Waals surface area contributed by atoms with Crippen molar-refractivity contribution in [3.8, 4) is 0 Å². The summed E-state index contributed by atoms with van der Waals surface area (Å²) >= 11 is 8.13. The molecule has 0 saturated carbocycles. The number of nitrogens with zero attached hydrogens (tertiary/aromatic N) is 1. The molecule has 13 heavy (non-hydrogen) atoms. The lowest BCUT2D eigenvalue weighted by molar-refractivity contribution is -0.385. The van der Waals surface area contributed by atoms with Crippen LogP contribution in [-0.4, -0.2) is 10.2 Å². The van der Waals surface area contributed by atoms with Crippen LogP contribution in [0.15, 0.2) is 22.7 Å². The average Bonchev–Trinajstić information content (AvgIpc) is 2.03. The fraction of sp³-hybridized carbons (Fsp3) is 0. The normalized spacial score (nSPS) is 9.69. The predicted molar refractivity (Wildman–Crippen MR) is 51.0 cm³/mol. The summed E-state index contributed by atoms with van der Waals surface area (Å²) in [6.07, 6.45) is 0. The highest BCUT2D eigenvalue weighted by atomic mass is 79.9. The molecule has 0 heterocycles. The molecule has 1 aromatic carbocycles. The lowest BCUT2D eigenvalue weighted by atomic mass is 10.2. The SMILES string of the molecule is O=C(Cl)c1cccc([N+](=O)[O-])c1Br. The lowest BCUT2D eigenvalue weighted by Crippen LogP contribution is -1.95. The number of nitro groups is 1. The molecule has 0 aliphatic rings. The van der Waals surface area contributed by atoms with Crippen LogP contribution in [0.4, 0.5) is 5.69 Å². The fourth-order valence-electron chi connectivity index (χ4n) is 0.813. The van der Waals surface area contributed by atoms with E-state index in [9.17, 15) is 14.9 Å². The third kappa shape index (κ3) is 2.05. The Balaban J connectivity index is 3.35. The molecule has 0 fully saturated rings. The van der Waals surface area contributed by atoms with Gasteiger partial charge in [0.2, 0.25) is 0 Å². The molecule has 6 heteroatoms. The Morgan fingerprint density at radius 1 is 1.54 bits per heavy atom. The van der Waals surface area contributed by atoms with Crippen molar-refractivity contribution >= 4 is 38.5 Å². The van der Waals surface area contributed by atoms with E-state index in [2.05, 4.69) is 15.9 Å². The summed E-state index contributed by atoms with van der Waals surface area (Å²) in [6.45, 7) is 0. The molecular weight excluding hydrogens is 261 g/mol. The van der Waals surface area contributed by atoms with E-state index in [1.807, 2.05) is 0 Å². The highest BCUT2D eigenvalue weighted by Crippen LogP contribution is 2.28. The third-order valence-electron chi connectivity index (χ3n) is 1.39. The van der Waals surface area contributed by atoms with Gasteiger partial charge in [-0.1, -0.05) is 6.07 Å². The maximum atomic E-state index is 10.8. The summed E-state index contributed by atoms with van der Waals surface area (Å²) in [5.74, 6) is 0. The minimum atomic E-state index is -0.726. The van der Waals surface area contributed by atoms with Crippen LogP contribution >= 0.6 is 27.5 Å². The summed E-state index contributed by atoms with van der Waals surface area (Å²) in [5.41, 5.74) is -0.0811. The molecule has 1 aromatic rings. The van der Waals surface area contributed by atoms with Crippen LogP contribution in [0.25, 0.3) is 0 Å². The summed E-state index contributed by atoms with van der Waals surface area (Å²) < 4.78 is 0.111. The molecule has 1 rings (SSSR count). The van der Waals surface area contributed by atoms with Gasteiger partial charge in [0.25, 0.3) is 10.9 Å². The van der Waals surface area contributed by atoms with Crippen LogP contribution in [0, 0.1) is 10.1 Å². The Labute approximate surface area is 86.8 Å². The van der Waals surface area contributed by atoms with Crippen molar-refractivity contribution in [2.45, 2.75) is 0 Å². The van der Waals surface area contributed by atoms with Gasteiger partial charge in [-0.2, -0.15) is 0 Å². The molecule has 0 bridgehead atoms. The van der Waals surface area contributed by atoms with Crippen LogP contribution in [0.2, 0.25) is 0 Å². The minimum Gasteiger partial charge on any atom is -0.276 e. The summed E-state index contributed by atoms with van der Waals surface area (Å²) in [7, 11) is 0. The van der Waals surface area contributed by atoms with Crippen molar-refractivity contribution < 1.29 is 9.72 Å². The topological polar surface area (TPSA) is 60.2 Å². The van der Waals surface area contributed by atoms with Crippen molar-refractivity contribution in [2.24, 2.45) is 0 Å². The number of nitro benzene ring substituents is 1. The molecule has 0 saturated heterocycles. The van der Waals surface area contributed by atoms with Gasteiger partial charge in [-0.25, -0.2) is 0 Å². The second-order valence-electron chi connectivity index (χ2n) is 2.17. The van der Waals surface area contributed by atoms with E-state index in [4.69, 9.17) is 11.6 Å². The molecule has 0 aromatic heterocycles. The first-order chi connectivity index (χ1) is 6.04. The number of benzene rings is 1. The zero-order valence-corrected chi connectivity index (χ0v) is 8.50. The zero-order valence-electron chi connectivity index (χ0n) is 6.16. The zero-order chi connectivity index (χ0) is 10.0. The second kappa shape index (κ2) is 3.85. The summed E-state index contributed by atoms with van der Waals surface area (Å²) in [4.78, 5) is 20.6. The molecule has 0 amide bonds. The number of carbonyl (C=O) groups excluding carboxylic acids is 1. The largest absolute Gasteiger partial charge is 0.284 e. The van der Waals surface area contributed by atoms with Gasteiger partial charge in [0.1, 0.15) is 4.47 Å². The Morgan fingerprint density at radius 2 is 2.15 bits per heavy atom. The van der Waals surface area contributed by atoms with Gasteiger partial charge in [-0.3, -0.25) is 14.9 Å². The van der Waals surface area contributed by atoms with Gasteiger partial charge >= 0.3 is 0 Å². The monoisotopic (exact) mass is 263 g/mol. The molecule has 0 N–H and O–H groups in total. The summed E-state index contributed by atoms with van der Waals surface area (Å²) in [5, 5.41) is 9.69. The molecule has 0 aliphatic carbocycles. The first-order valence-electron chi connectivity index (χ1n) is 3.16. The molecule has 0 spiro atoms. The third-order valence-corrected chi connectivity index (χ3v) is 2.42. The number of halogens is 2. The van der Waals surface area contributed by atoms with E-state index in [-0.39, 0.29) is 15.7 Å². The molecule has 0 atom stereocenters. The Morgan fingerprint density at radius 3 is 2.62 bits per heavy atom. The fourth-order valence-corrected chi connectivity index (χ4v) is 1.67. The van der Waals surface area contributed by atoms with Gasteiger partial charge in [0.15, 0.2) is 0 Å².